The minimum atomic E-state index is 0.656. The molecule has 0 radical (unpaired) electrons. The molecule has 2 aromatic rings. The summed E-state index contributed by atoms with van der Waals surface area (Å²) in [6, 6.07) is 3.86. The summed E-state index contributed by atoms with van der Waals surface area (Å²) in [6.07, 6.45) is 2.54. The van der Waals surface area contributed by atoms with Gasteiger partial charge in [-0.3, -0.25) is 4.90 Å². The average Bonchev–Trinajstić information content (AvgIpc) is 2.59. The van der Waals surface area contributed by atoms with Crippen LogP contribution in [0.1, 0.15) is 6.42 Å². The molecule has 23 heavy (non-hydrogen) atoms. The molecule has 1 aliphatic heterocycles. The van der Waals surface area contributed by atoms with E-state index in [0.717, 1.165) is 59.6 Å². The number of hydrogen-bond acceptors (Lipinski definition) is 6. The first-order chi connectivity index (χ1) is 11.3. The Morgan fingerprint density at radius 1 is 1.22 bits per heavy atom. The summed E-state index contributed by atoms with van der Waals surface area (Å²) in [5.74, 6) is 1.45. The second-order valence-corrected chi connectivity index (χ2v) is 6.36. The van der Waals surface area contributed by atoms with Crippen molar-refractivity contribution >= 4 is 33.5 Å². The molecule has 0 amide bonds. The van der Waals surface area contributed by atoms with E-state index in [2.05, 4.69) is 37.5 Å². The summed E-state index contributed by atoms with van der Waals surface area (Å²) in [5, 5.41) is 0.983. The number of morpholine rings is 1. The molecule has 1 saturated heterocycles. The van der Waals surface area contributed by atoms with Gasteiger partial charge in [0.25, 0.3) is 0 Å². The Morgan fingerprint density at radius 3 is 2.83 bits per heavy atom. The third-order valence-corrected chi connectivity index (χ3v) is 4.71. The van der Waals surface area contributed by atoms with Crippen LogP contribution < -0.4 is 9.47 Å². The lowest BCUT2D eigenvalue weighted by Gasteiger charge is -2.26. The van der Waals surface area contributed by atoms with Crippen LogP contribution in [-0.4, -0.2) is 61.4 Å². The van der Waals surface area contributed by atoms with E-state index in [9.17, 15) is 0 Å². The van der Waals surface area contributed by atoms with Crippen molar-refractivity contribution in [2.45, 2.75) is 6.42 Å². The topological polar surface area (TPSA) is 56.7 Å². The molecule has 0 saturated carbocycles. The smallest absolute Gasteiger partial charge is 0.162 e. The molecule has 0 aliphatic carbocycles. The van der Waals surface area contributed by atoms with Crippen molar-refractivity contribution in [3.8, 4) is 11.5 Å². The molecule has 0 spiro atoms. The van der Waals surface area contributed by atoms with Crippen molar-refractivity contribution in [3.63, 3.8) is 0 Å². The number of fused-ring (bicyclic) bond motifs is 1. The van der Waals surface area contributed by atoms with Gasteiger partial charge in [0.1, 0.15) is 10.0 Å². The molecule has 1 aromatic carbocycles. The molecule has 0 atom stereocenters. The minimum absolute atomic E-state index is 0.656. The Bertz CT molecular complexity index is 662. The van der Waals surface area contributed by atoms with Gasteiger partial charge < -0.3 is 14.2 Å². The third kappa shape index (κ3) is 4.21. The number of halogens is 1. The summed E-state index contributed by atoms with van der Waals surface area (Å²) >= 11 is 2.21. The van der Waals surface area contributed by atoms with Gasteiger partial charge in [0.2, 0.25) is 0 Å². The van der Waals surface area contributed by atoms with E-state index in [0.29, 0.717) is 12.4 Å². The molecule has 6 nitrogen and oxygen atoms in total. The fraction of sp³-hybridized carbons (Fsp3) is 0.500. The fourth-order valence-corrected chi connectivity index (χ4v) is 3.16. The third-order valence-electron chi connectivity index (χ3n) is 3.85. The standard InChI is InChI=1S/C16H20IN3O3/c1-21-14-10-13-12(16(17)19-11-18-13)9-15(14)23-6-2-3-20-4-7-22-8-5-20/h9-11H,2-8H2,1H3. The SMILES string of the molecule is COc1cc2ncnc(I)c2cc1OCCCN1CCOCC1. The summed E-state index contributed by atoms with van der Waals surface area (Å²) in [7, 11) is 1.65. The van der Waals surface area contributed by atoms with Crippen LogP contribution in [0.4, 0.5) is 0 Å². The zero-order valence-electron chi connectivity index (χ0n) is 13.1. The van der Waals surface area contributed by atoms with Crippen molar-refractivity contribution in [3.05, 3.63) is 22.2 Å². The second-order valence-electron chi connectivity index (χ2n) is 5.34. The Balaban J connectivity index is 1.63. The van der Waals surface area contributed by atoms with Gasteiger partial charge in [-0.05, 0) is 35.1 Å². The van der Waals surface area contributed by atoms with E-state index < -0.39 is 0 Å². The summed E-state index contributed by atoms with van der Waals surface area (Å²) in [5.41, 5.74) is 0.863. The molecule has 7 heteroatoms. The predicted molar refractivity (Wildman–Crippen MR) is 96.2 cm³/mol. The summed E-state index contributed by atoms with van der Waals surface area (Å²) in [6.45, 7) is 5.36. The van der Waals surface area contributed by atoms with Crippen LogP contribution in [0.25, 0.3) is 10.9 Å². The van der Waals surface area contributed by atoms with Crippen LogP contribution in [0.3, 0.4) is 0 Å². The molecule has 1 fully saturated rings. The van der Waals surface area contributed by atoms with E-state index in [1.807, 2.05) is 12.1 Å². The van der Waals surface area contributed by atoms with E-state index >= 15 is 0 Å². The lowest BCUT2D eigenvalue weighted by Crippen LogP contribution is -2.37. The summed E-state index contributed by atoms with van der Waals surface area (Å²) < 4.78 is 17.6. The van der Waals surface area contributed by atoms with Gasteiger partial charge in [-0.25, -0.2) is 9.97 Å². The molecule has 0 unspecified atom stereocenters. The Kier molecular flexibility index (Phi) is 5.85. The van der Waals surface area contributed by atoms with Crippen LogP contribution in [0.15, 0.2) is 18.5 Å². The molecular weight excluding hydrogens is 409 g/mol. The van der Waals surface area contributed by atoms with Gasteiger partial charge in [0, 0.05) is 31.1 Å². The molecule has 0 bridgehead atoms. The van der Waals surface area contributed by atoms with E-state index in [4.69, 9.17) is 14.2 Å². The van der Waals surface area contributed by atoms with Gasteiger partial charge in [0.05, 0.1) is 32.4 Å². The van der Waals surface area contributed by atoms with Gasteiger partial charge in [0.15, 0.2) is 11.5 Å². The number of hydrogen-bond donors (Lipinski definition) is 0. The minimum Gasteiger partial charge on any atom is -0.493 e. The van der Waals surface area contributed by atoms with Crippen LogP contribution in [-0.2, 0) is 4.74 Å². The van der Waals surface area contributed by atoms with Gasteiger partial charge >= 0.3 is 0 Å². The van der Waals surface area contributed by atoms with Crippen molar-refractivity contribution < 1.29 is 14.2 Å². The number of benzene rings is 1. The van der Waals surface area contributed by atoms with E-state index in [1.54, 1.807) is 13.4 Å². The van der Waals surface area contributed by atoms with Crippen molar-refractivity contribution in [1.29, 1.82) is 0 Å². The molecule has 0 N–H and O–H groups in total. The molecule has 124 valence electrons. The van der Waals surface area contributed by atoms with Gasteiger partial charge in [-0.15, -0.1) is 0 Å². The Labute approximate surface area is 149 Å². The second kappa shape index (κ2) is 8.07. The van der Waals surface area contributed by atoms with Crippen LogP contribution >= 0.6 is 22.6 Å². The number of aromatic nitrogens is 2. The molecule has 1 aromatic heterocycles. The number of methoxy groups -OCH3 is 1. The first-order valence-corrected chi connectivity index (χ1v) is 8.77. The largest absolute Gasteiger partial charge is 0.493 e. The number of rotatable bonds is 6. The predicted octanol–water partition coefficient (Wildman–Crippen LogP) is 2.34. The fourth-order valence-electron chi connectivity index (χ4n) is 2.60. The highest BCUT2D eigenvalue weighted by Gasteiger charge is 2.12. The Morgan fingerprint density at radius 2 is 2.04 bits per heavy atom. The lowest BCUT2D eigenvalue weighted by molar-refractivity contribution is 0.0357. The van der Waals surface area contributed by atoms with Crippen LogP contribution in [0.5, 0.6) is 11.5 Å². The van der Waals surface area contributed by atoms with Crippen LogP contribution in [0, 0.1) is 3.70 Å². The molecule has 2 heterocycles. The zero-order chi connectivity index (χ0) is 16.1. The first-order valence-electron chi connectivity index (χ1n) is 7.69. The van der Waals surface area contributed by atoms with E-state index in [-0.39, 0.29) is 0 Å². The maximum Gasteiger partial charge on any atom is 0.162 e. The lowest BCUT2D eigenvalue weighted by atomic mass is 10.2. The normalized spacial score (nSPS) is 15.7. The van der Waals surface area contributed by atoms with Crippen molar-refractivity contribution in [2.75, 3.05) is 46.6 Å². The number of ether oxygens (including phenoxy) is 3. The van der Waals surface area contributed by atoms with Gasteiger partial charge in [-0.2, -0.15) is 0 Å². The van der Waals surface area contributed by atoms with Gasteiger partial charge in [-0.1, -0.05) is 0 Å². The first kappa shape index (κ1) is 16.7. The molecular formula is C16H20IN3O3. The number of nitrogens with zero attached hydrogens (tertiary/aromatic N) is 3. The van der Waals surface area contributed by atoms with Crippen molar-refractivity contribution in [2.24, 2.45) is 0 Å². The zero-order valence-corrected chi connectivity index (χ0v) is 15.3. The maximum absolute atomic E-state index is 5.94. The highest BCUT2D eigenvalue weighted by Crippen LogP contribution is 2.32. The highest BCUT2D eigenvalue weighted by molar-refractivity contribution is 14.1. The summed E-state index contributed by atoms with van der Waals surface area (Å²) in [4.78, 5) is 10.9. The quantitative estimate of drug-likeness (QED) is 0.399. The molecule has 1 aliphatic rings. The van der Waals surface area contributed by atoms with Crippen LogP contribution in [0.2, 0.25) is 0 Å². The van der Waals surface area contributed by atoms with Crippen molar-refractivity contribution in [1.82, 2.24) is 14.9 Å². The highest BCUT2D eigenvalue weighted by atomic mass is 127. The maximum atomic E-state index is 5.94. The van der Waals surface area contributed by atoms with E-state index in [1.165, 1.54) is 0 Å². The monoisotopic (exact) mass is 429 g/mol. The Hall–Kier alpha value is -1.19. The molecule has 3 rings (SSSR count). The average molecular weight is 429 g/mol.